The highest BCUT2D eigenvalue weighted by Gasteiger charge is 2.65. The Morgan fingerprint density at radius 2 is 1.66 bits per heavy atom. The third-order valence-corrected chi connectivity index (χ3v) is 9.79. The summed E-state index contributed by atoms with van der Waals surface area (Å²) in [6.45, 7) is 12.0. The van der Waals surface area contributed by atoms with Gasteiger partial charge in [-0.1, -0.05) is 20.4 Å². The molecule has 4 saturated carbocycles. The third kappa shape index (κ3) is 3.08. The van der Waals surface area contributed by atoms with Crippen LogP contribution < -0.4 is 0 Å². The minimum Gasteiger partial charge on any atom is -0.463 e. The van der Waals surface area contributed by atoms with Gasteiger partial charge in [-0.05, 0) is 93.0 Å². The van der Waals surface area contributed by atoms with E-state index in [0.29, 0.717) is 23.2 Å². The first-order chi connectivity index (χ1) is 13.6. The van der Waals surface area contributed by atoms with E-state index in [-0.39, 0.29) is 23.5 Å². The van der Waals surface area contributed by atoms with E-state index in [0.717, 1.165) is 44.4 Å². The Morgan fingerprint density at radius 1 is 0.931 bits per heavy atom. The highest BCUT2D eigenvalue weighted by Crippen LogP contribution is 2.69. The highest BCUT2D eigenvalue weighted by atomic mass is 16.6. The van der Waals surface area contributed by atoms with Crippen LogP contribution in [-0.2, 0) is 19.1 Å². The van der Waals surface area contributed by atoms with Gasteiger partial charge >= 0.3 is 11.9 Å². The van der Waals surface area contributed by atoms with E-state index >= 15 is 0 Å². The number of esters is 2. The number of ether oxygens (including phenoxy) is 2. The normalized spacial score (nSPS) is 48.6. The van der Waals surface area contributed by atoms with E-state index in [1.165, 1.54) is 33.1 Å². The lowest BCUT2D eigenvalue weighted by molar-refractivity contribution is -0.179. The van der Waals surface area contributed by atoms with Crippen molar-refractivity contribution < 1.29 is 19.1 Å². The minimum atomic E-state index is -0.501. The lowest BCUT2D eigenvalue weighted by Gasteiger charge is -2.61. The van der Waals surface area contributed by atoms with Crippen molar-refractivity contribution in [1.82, 2.24) is 0 Å². The first-order valence-corrected chi connectivity index (χ1v) is 11.7. The summed E-state index contributed by atoms with van der Waals surface area (Å²) in [6.07, 6.45) is 12.1. The Balaban J connectivity index is 1.56. The summed E-state index contributed by atoms with van der Waals surface area (Å²) >= 11 is 0. The molecule has 0 heterocycles. The zero-order valence-corrected chi connectivity index (χ0v) is 18.7. The second kappa shape index (κ2) is 7.13. The van der Waals surface area contributed by atoms with Crippen LogP contribution in [-0.4, -0.2) is 23.6 Å². The van der Waals surface area contributed by atoms with E-state index in [4.69, 9.17) is 9.47 Å². The summed E-state index contributed by atoms with van der Waals surface area (Å²) in [5, 5.41) is 0. The standard InChI is InChI=1S/C25H38O4/c1-6-25(29-17(3)27)14-11-22-20-8-7-18-15-19(28-16(2)26)9-12-23(18,4)21(20)10-13-24(22,25)5/h6,18-22H,1,7-15H2,2-5H3/t18-,19?,20?,21?,22?,23?,24?,25-/m0/s1. The van der Waals surface area contributed by atoms with Crippen LogP contribution in [0.2, 0.25) is 0 Å². The number of hydrogen-bond donors (Lipinski definition) is 0. The average molecular weight is 403 g/mol. The van der Waals surface area contributed by atoms with Gasteiger partial charge in [-0.25, -0.2) is 0 Å². The van der Waals surface area contributed by atoms with Gasteiger partial charge in [-0.2, -0.15) is 0 Å². The zero-order valence-electron chi connectivity index (χ0n) is 18.7. The summed E-state index contributed by atoms with van der Waals surface area (Å²) in [6, 6.07) is 0. The van der Waals surface area contributed by atoms with E-state index < -0.39 is 5.60 Å². The van der Waals surface area contributed by atoms with E-state index in [9.17, 15) is 9.59 Å². The molecule has 0 aromatic rings. The van der Waals surface area contributed by atoms with E-state index in [1.807, 2.05) is 6.08 Å². The van der Waals surface area contributed by atoms with Crippen LogP contribution in [0.1, 0.15) is 85.5 Å². The third-order valence-electron chi connectivity index (χ3n) is 9.79. The van der Waals surface area contributed by atoms with Crippen LogP contribution in [0, 0.1) is 34.5 Å². The molecule has 4 aliphatic carbocycles. The van der Waals surface area contributed by atoms with Crippen molar-refractivity contribution in [2.24, 2.45) is 34.5 Å². The topological polar surface area (TPSA) is 52.6 Å². The van der Waals surface area contributed by atoms with Gasteiger partial charge in [0.15, 0.2) is 0 Å². The Bertz CT molecular complexity index is 701. The second-order valence-electron chi connectivity index (χ2n) is 10.8. The van der Waals surface area contributed by atoms with Crippen molar-refractivity contribution in [3.8, 4) is 0 Å². The van der Waals surface area contributed by atoms with Gasteiger partial charge in [-0.15, -0.1) is 0 Å². The van der Waals surface area contributed by atoms with Crippen LogP contribution in [0.3, 0.4) is 0 Å². The Morgan fingerprint density at radius 3 is 2.31 bits per heavy atom. The molecule has 162 valence electrons. The molecule has 4 nitrogen and oxygen atoms in total. The molecular formula is C25H38O4. The zero-order chi connectivity index (χ0) is 21.0. The van der Waals surface area contributed by atoms with Gasteiger partial charge < -0.3 is 9.47 Å². The van der Waals surface area contributed by atoms with Crippen molar-refractivity contribution in [3.63, 3.8) is 0 Å². The number of carbonyl (C=O) groups is 2. The van der Waals surface area contributed by atoms with Crippen molar-refractivity contribution in [2.45, 2.75) is 97.2 Å². The smallest absolute Gasteiger partial charge is 0.303 e. The number of hydrogen-bond acceptors (Lipinski definition) is 4. The molecule has 4 aliphatic rings. The SMILES string of the molecule is C=C[C@]1(OC(C)=O)CCC2C3CC[C@H]4CC(OC(C)=O)CCC4(C)C3CCC21C. The first-order valence-electron chi connectivity index (χ1n) is 11.7. The molecule has 0 N–H and O–H groups in total. The largest absolute Gasteiger partial charge is 0.463 e. The predicted octanol–water partition coefficient (Wildman–Crippen LogP) is 5.45. The summed E-state index contributed by atoms with van der Waals surface area (Å²) in [7, 11) is 0. The molecular weight excluding hydrogens is 364 g/mol. The Kier molecular flexibility index (Phi) is 5.15. The Hall–Kier alpha value is -1.32. The maximum atomic E-state index is 11.9. The average Bonchev–Trinajstić information content (AvgIpc) is 2.94. The molecule has 0 saturated heterocycles. The summed E-state index contributed by atoms with van der Waals surface area (Å²) in [4.78, 5) is 23.3. The van der Waals surface area contributed by atoms with Gasteiger partial charge in [-0.3, -0.25) is 9.59 Å². The number of fused-ring (bicyclic) bond motifs is 5. The van der Waals surface area contributed by atoms with Gasteiger partial charge in [0.1, 0.15) is 11.7 Å². The van der Waals surface area contributed by atoms with Crippen LogP contribution >= 0.6 is 0 Å². The molecule has 8 atom stereocenters. The summed E-state index contributed by atoms with van der Waals surface area (Å²) in [5.41, 5.74) is -0.152. The van der Waals surface area contributed by atoms with Gasteiger partial charge in [0.05, 0.1) is 0 Å². The van der Waals surface area contributed by atoms with Crippen molar-refractivity contribution in [3.05, 3.63) is 12.7 Å². The molecule has 0 aromatic heterocycles. The van der Waals surface area contributed by atoms with Gasteiger partial charge in [0, 0.05) is 19.3 Å². The minimum absolute atomic E-state index is 0.000271. The lowest BCUT2D eigenvalue weighted by atomic mass is 9.44. The van der Waals surface area contributed by atoms with Crippen molar-refractivity contribution in [1.29, 1.82) is 0 Å². The molecule has 0 aromatic carbocycles. The van der Waals surface area contributed by atoms with Crippen LogP contribution in [0.25, 0.3) is 0 Å². The fourth-order valence-electron chi connectivity index (χ4n) is 8.40. The molecule has 4 fully saturated rings. The molecule has 0 amide bonds. The molecule has 29 heavy (non-hydrogen) atoms. The van der Waals surface area contributed by atoms with Crippen LogP contribution in [0.4, 0.5) is 0 Å². The Labute approximate surface area is 175 Å². The second-order valence-corrected chi connectivity index (χ2v) is 10.8. The fraction of sp³-hybridized carbons (Fsp3) is 0.840. The summed E-state index contributed by atoms with van der Waals surface area (Å²) in [5.74, 6) is 2.37. The molecule has 0 spiro atoms. The first kappa shape index (κ1) is 20.9. The predicted molar refractivity (Wildman–Crippen MR) is 112 cm³/mol. The molecule has 4 heteroatoms. The number of rotatable bonds is 3. The molecule has 4 rings (SSSR count). The van der Waals surface area contributed by atoms with E-state index in [1.54, 1.807) is 0 Å². The van der Waals surface area contributed by atoms with Crippen molar-refractivity contribution >= 4 is 11.9 Å². The molecule has 0 bridgehead atoms. The fourth-order valence-corrected chi connectivity index (χ4v) is 8.40. The molecule has 6 unspecified atom stereocenters. The monoisotopic (exact) mass is 402 g/mol. The summed E-state index contributed by atoms with van der Waals surface area (Å²) < 4.78 is 11.6. The molecule has 0 aliphatic heterocycles. The highest BCUT2D eigenvalue weighted by molar-refractivity contribution is 5.67. The van der Waals surface area contributed by atoms with Gasteiger partial charge in [0.2, 0.25) is 0 Å². The number of carbonyl (C=O) groups excluding carboxylic acids is 2. The quantitative estimate of drug-likeness (QED) is 0.465. The maximum Gasteiger partial charge on any atom is 0.303 e. The van der Waals surface area contributed by atoms with Gasteiger partial charge in [0.25, 0.3) is 0 Å². The van der Waals surface area contributed by atoms with Crippen LogP contribution in [0.15, 0.2) is 12.7 Å². The lowest BCUT2D eigenvalue weighted by Crippen LogP contribution is -2.57. The van der Waals surface area contributed by atoms with Crippen molar-refractivity contribution in [2.75, 3.05) is 0 Å². The molecule has 0 radical (unpaired) electrons. The maximum absolute atomic E-state index is 11.9. The van der Waals surface area contributed by atoms with E-state index in [2.05, 4.69) is 20.4 Å². The van der Waals surface area contributed by atoms with Crippen LogP contribution in [0.5, 0.6) is 0 Å².